The summed E-state index contributed by atoms with van der Waals surface area (Å²) in [7, 11) is 1.72. The Bertz CT molecular complexity index is 412. The molecule has 0 radical (unpaired) electrons. The van der Waals surface area contributed by atoms with E-state index >= 15 is 0 Å². The highest BCUT2D eigenvalue weighted by Crippen LogP contribution is 2.29. The molecule has 0 bridgehead atoms. The highest BCUT2D eigenvalue weighted by atomic mass is 79.9. The molecule has 1 heterocycles. The molecule has 0 spiro atoms. The lowest BCUT2D eigenvalue weighted by Crippen LogP contribution is -2.21. The van der Waals surface area contributed by atoms with E-state index in [1.165, 1.54) is 12.1 Å². The number of hydrogen-bond donors (Lipinski definition) is 1. The summed E-state index contributed by atoms with van der Waals surface area (Å²) >= 11 is 3.09. The molecule has 1 aromatic rings. The van der Waals surface area contributed by atoms with Crippen LogP contribution in [0.3, 0.4) is 0 Å². The van der Waals surface area contributed by atoms with Crippen LogP contribution >= 0.6 is 15.9 Å². The fourth-order valence-corrected chi connectivity index (χ4v) is 2.95. The van der Waals surface area contributed by atoms with Crippen molar-refractivity contribution in [2.45, 2.75) is 37.8 Å². The van der Waals surface area contributed by atoms with Crippen LogP contribution < -0.4 is 5.32 Å². The Morgan fingerprint density at radius 2 is 2.11 bits per heavy atom. The summed E-state index contributed by atoms with van der Waals surface area (Å²) in [6, 6.07) is 2.28. The summed E-state index contributed by atoms with van der Waals surface area (Å²) in [4.78, 5) is 0. The lowest BCUT2D eigenvalue weighted by atomic mass is 9.98. The minimum Gasteiger partial charge on any atom is -0.378 e. The molecular weight excluding hydrogens is 316 g/mol. The number of hydrogen-bond acceptors (Lipinski definition) is 2. The summed E-state index contributed by atoms with van der Waals surface area (Å²) < 4.78 is 33.8. The number of ether oxygens (including phenoxy) is 1. The van der Waals surface area contributed by atoms with Gasteiger partial charge in [-0.05, 0) is 44.9 Å². The van der Waals surface area contributed by atoms with E-state index in [-0.39, 0.29) is 17.7 Å². The second kappa shape index (κ2) is 6.77. The average molecular weight is 334 g/mol. The maximum atomic E-state index is 13.9. The molecule has 0 saturated carbocycles. The highest BCUT2D eigenvalue weighted by molar-refractivity contribution is 9.10. The molecule has 1 aliphatic heterocycles. The predicted octanol–water partition coefficient (Wildman–Crippen LogP) is 3.95. The van der Waals surface area contributed by atoms with Gasteiger partial charge in [0.05, 0.1) is 6.10 Å². The van der Waals surface area contributed by atoms with Crippen LogP contribution in [0.25, 0.3) is 0 Å². The van der Waals surface area contributed by atoms with E-state index in [4.69, 9.17) is 4.74 Å². The van der Waals surface area contributed by atoms with Gasteiger partial charge in [-0.25, -0.2) is 8.78 Å². The first kappa shape index (κ1) is 14.9. The molecule has 0 aliphatic carbocycles. The van der Waals surface area contributed by atoms with Crippen LogP contribution in [0.4, 0.5) is 8.78 Å². The molecule has 0 amide bonds. The quantitative estimate of drug-likeness (QED) is 0.880. The normalized spacial score (nSPS) is 20.7. The van der Waals surface area contributed by atoms with E-state index in [2.05, 4.69) is 21.2 Å². The van der Waals surface area contributed by atoms with Crippen molar-refractivity contribution in [3.05, 3.63) is 33.8 Å². The Morgan fingerprint density at radius 1 is 1.42 bits per heavy atom. The molecule has 2 nitrogen and oxygen atoms in total. The summed E-state index contributed by atoms with van der Waals surface area (Å²) in [6.07, 6.45) is 3.84. The molecule has 106 valence electrons. The maximum absolute atomic E-state index is 13.9. The van der Waals surface area contributed by atoms with Crippen LogP contribution in [0.2, 0.25) is 0 Å². The number of halogens is 3. The Labute approximate surface area is 120 Å². The van der Waals surface area contributed by atoms with Crippen LogP contribution in [-0.2, 0) is 4.74 Å². The van der Waals surface area contributed by atoms with E-state index in [0.29, 0.717) is 10.9 Å². The van der Waals surface area contributed by atoms with Crippen molar-refractivity contribution in [1.29, 1.82) is 0 Å². The van der Waals surface area contributed by atoms with Gasteiger partial charge < -0.3 is 10.1 Å². The SMILES string of the molecule is CNC(CCC1CCCO1)c1c(F)cc(Br)cc1F. The molecular formula is C14H18BrF2NO. The fourth-order valence-electron chi connectivity index (χ4n) is 2.54. The predicted molar refractivity (Wildman–Crippen MR) is 74.1 cm³/mol. The summed E-state index contributed by atoms with van der Waals surface area (Å²) in [5.74, 6) is -1.03. The van der Waals surface area contributed by atoms with Crippen LogP contribution in [-0.4, -0.2) is 19.8 Å². The van der Waals surface area contributed by atoms with Gasteiger partial charge in [0.1, 0.15) is 11.6 Å². The van der Waals surface area contributed by atoms with E-state index in [1.54, 1.807) is 7.05 Å². The third-order valence-electron chi connectivity index (χ3n) is 3.54. The average Bonchev–Trinajstić information content (AvgIpc) is 2.85. The van der Waals surface area contributed by atoms with E-state index in [1.807, 2.05) is 0 Å². The van der Waals surface area contributed by atoms with Crippen molar-refractivity contribution in [1.82, 2.24) is 5.32 Å². The van der Waals surface area contributed by atoms with Crippen LogP contribution in [0, 0.1) is 11.6 Å². The van der Waals surface area contributed by atoms with Crippen LogP contribution in [0.15, 0.2) is 16.6 Å². The lowest BCUT2D eigenvalue weighted by molar-refractivity contribution is 0.0996. The van der Waals surface area contributed by atoms with Gasteiger partial charge in [0.15, 0.2) is 0 Å². The zero-order valence-electron chi connectivity index (χ0n) is 10.9. The number of rotatable bonds is 5. The van der Waals surface area contributed by atoms with Gasteiger partial charge in [-0.15, -0.1) is 0 Å². The first-order chi connectivity index (χ1) is 9.11. The summed E-state index contributed by atoms with van der Waals surface area (Å²) in [6.45, 7) is 0.801. The van der Waals surface area contributed by atoms with Gasteiger partial charge in [-0.3, -0.25) is 0 Å². The van der Waals surface area contributed by atoms with Crippen molar-refractivity contribution in [2.24, 2.45) is 0 Å². The fraction of sp³-hybridized carbons (Fsp3) is 0.571. The zero-order valence-corrected chi connectivity index (χ0v) is 12.5. The third-order valence-corrected chi connectivity index (χ3v) is 4.00. The lowest BCUT2D eigenvalue weighted by Gasteiger charge is -2.20. The number of nitrogens with one attached hydrogen (secondary N) is 1. The molecule has 1 fully saturated rings. The smallest absolute Gasteiger partial charge is 0.132 e. The second-order valence-electron chi connectivity index (χ2n) is 4.84. The van der Waals surface area contributed by atoms with Crippen molar-refractivity contribution < 1.29 is 13.5 Å². The molecule has 0 aromatic heterocycles. The Hall–Kier alpha value is -0.520. The van der Waals surface area contributed by atoms with Gasteiger partial charge in [-0.2, -0.15) is 0 Å². The molecule has 2 atom stereocenters. The topological polar surface area (TPSA) is 21.3 Å². The molecule has 2 unspecified atom stereocenters. The standard InChI is InChI=1S/C14H18BrF2NO/c1-18-13(5-4-10-3-2-6-19-10)14-11(16)7-9(15)8-12(14)17/h7-8,10,13,18H,2-6H2,1H3. The highest BCUT2D eigenvalue weighted by Gasteiger charge is 2.22. The van der Waals surface area contributed by atoms with Gasteiger partial charge in [-0.1, -0.05) is 15.9 Å². The molecule has 19 heavy (non-hydrogen) atoms. The first-order valence-electron chi connectivity index (χ1n) is 6.55. The van der Waals surface area contributed by atoms with Crippen molar-refractivity contribution >= 4 is 15.9 Å². The van der Waals surface area contributed by atoms with Crippen molar-refractivity contribution in [2.75, 3.05) is 13.7 Å². The van der Waals surface area contributed by atoms with E-state index < -0.39 is 11.6 Å². The maximum Gasteiger partial charge on any atom is 0.132 e. The minimum atomic E-state index is -0.515. The van der Waals surface area contributed by atoms with E-state index in [9.17, 15) is 8.78 Å². The summed E-state index contributed by atoms with van der Waals surface area (Å²) in [5.41, 5.74) is 0.115. The monoisotopic (exact) mass is 333 g/mol. The molecule has 1 aliphatic rings. The van der Waals surface area contributed by atoms with Gasteiger partial charge in [0, 0.05) is 22.7 Å². The Kier molecular flexibility index (Phi) is 5.30. The summed E-state index contributed by atoms with van der Waals surface area (Å²) in [5, 5.41) is 2.99. The second-order valence-corrected chi connectivity index (χ2v) is 5.75. The first-order valence-corrected chi connectivity index (χ1v) is 7.34. The van der Waals surface area contributed by atoms with Gasteiger partial charge in [0.25, 0.3) is 0 Å². The van der Waals surface area contributed by atoms with Gasteiger partial charge >= 0.3 is 0 Å². The zero-order chi connectivity index (χ0) is 13.8. The Morgan fingerprint density at radius 3 is 2.63 bits per heavy atom. The molecule has 5 heteroatoms. The van der Waals surface area contributed by atoms with Gasteiger partial charge in [0.2, 0.25) is 0 Å². The van der Waals surface area contributed by atoms with Crippen molar-refractivity contribution in [3.63, 3.8) is 0 Å². The number of benzene rings is 1. The largest absolute Gasteiger partial charge is 0.378 e. The van der Waals surface area contributed by atoms with E-state index in [0.717, 1.165) is 25.9 Å². The van der Waals surface area contributed by atoms with Crippen LogP contribution in [0.1, 0.15) is 37.3 Å². The van der Waals surface area contributed by atoms with Crippen molar-refractivity contribution in [3.8, 4) is 0 Å². The molecule has 1 aromatic carbocycles. The minimum absolute atomic E-state index is 0.115. The molecule has 2 rings (SSSR count). The molecule has 1 N–H and O–H groups in total. The van der Waals surface area contributed by atoms with Crippen LogP contribution in [0.5, 0.6) is 0 Å². The third kappa shape index (κ3) is 3.74. The Balaban J connectivity index is 2.08. The molecule has 1 saturated heterocycles.